The molecule has 21 heavy (non-hydrogen) atoms. The average molecular weight is 273 g/mol. The van der Waals surface area contributed by atoms with E-state index in [-0.39, 0.29) is 0 Å². The number of rotatable bonds is 2. The minimum absolute atomic E-state index is 0.983. The number of hydrogen-bond acceptors (Lipinski definition) is 1. The predicted octanol–water partition coefficient (Wildman–Crippen LogP) is 5.23. The Morgan fingerprint density at radius 2 is 1.62 bits per heavy atom. The Hall–Kier alpha value is -2.54. The van der Waals surface area contributed by atoms with Crippen molar-refractivity contribution in [2.75, 3.05) is 4.90 Å². The molecule has 1 aliphatic rings. The lowest BCUT2D eigenvalue weighted by atomic mass is 10.0. The summed E-state index contributed by atoms with van der Waals surface area (Å²) in [5, 5.41) is 0. The van der Waals surface area contributed by atoms with Crippen LogP contribution in [0.25, 0.3) is 5.57 Å². The first-order valence-electron chi connectivity index (χ1n) is 7.15. The van der Waals surface area contributed by atoms with E-state index in [0.717, 1.165) is 11.4 Å². The summed E-state index contributed by atoms with van der Waals surface area (Å²) in [7, 11) is 0. The molecule has 0 aliphatic carbocycles. The lowest BCUT2D eigenvalue weighted by Gasteiger charge is -2.26. The van der Waals surface area contributed by atoms with Crippen LogP contribution in [0.2, 0.25) is 0 Å². The van der Waals surface area contributed by atoms with Crippen molar-refractivity contribution >= 4 is 11.3 Å². The van der Waals surface area contributed by atoms with E-state index in [9.17, 15) is 0 Å². The van der Waals surface area contributed by atoms with Crippen LogP contribution in [0.1, 0.15) is 16.7 Å². The van der Waals surface area contributed by atoms with E-state index in [2.05, 4.69) is 92.2 Å². The molecule has 0 aromatic heterocycles. The van der Waals surface area contributed by atoms with Gasteiger partial charge in [0.15, 0.2) is 0 Å². The highest BCUT2D eigenvalue weighted by molar-refractivity contribution is 5.81. The summed E-state index contributed by atoms with van der Waals surface area (Å²) in [4.78, 5) is 2.14. The molecule has 3 rings (SSSR count). The van der Waals surface area contributed by atoms with Crippen LogP contribution in [0, 0.1) is 13.8 Å². The smallest absolute Gasteiger partial charge is 0.0458 e. The molecule has 0 amide bonds. The number of hydrogen-bond donors (Lipinski definition) is 0. The standard InChI is InChI=1S/C20H19N/c1-15-7-10-18(11-8-15)19-12-9-17(3)21(14-19)20-6-4-5-16(2)13-20/h4-14H,3H2,1-2H3. The number of nitrogens with zero attached hydrogens (tertiary/aromatic N) is 1. The summed E-state index contributed by atoms with van der Waals surface area (Å²) < 4.78 is 0. The van der Waals surface area contributed by atoms with Gasteiger partial charge in [0.2, 0.25) is 0 Å². The van der Waals surface area contributed by atoms with Crippen LogP contribution in [0.3, 0.4) is 0 Å². The van der Waals surface area contributed by atoms with E-state index in [4.69, 9.17) is 0 Å². The fourth-order valence-corrected chi connectivity index (χ4v) is 2.47. The highest BCUT2D eigenvalue weighted by Crippen LogP contribution is 2.29. The van der Waals surface area contributed by atoms with Crippen LogP contribution in [-0.4, -0.2) is 0 Å². The molecule has 1 heteroatoms. The summed E-state index contributed by atoms with van der Waals surface area (Å²) in [6.45, 7) is 8.35. The van der Waals surface area contributed by atoms with Gasteiger partial charge >= 0.3 is 0 Å². The summed E-state index contributed by atoms with van der Waals surface area (Å²) in [5.74, 6) is 0. The number of benzene rings is 2. The first-order chi connectivity index (χ1) is 10.1. The van der Waals surface area contributed by atoms with Gasteiger partial charge in [-0.2, -0.15) is 0 Å². The van der Waals surface area contributed by atoms with Crippen molar-refractivity contribution in [1.82, 2.24) is 0 Å². The maximum atomic E-state index is 4.14. The predicted molar refractivity (Wildman–Crippen MR) is 91.1 cm³/mol. The monoisotopic (exact) mass is 273 g/mol. The third-order valence-corrected chi connectivity index (χ3v) is 3.70. The van der Waals surface area contributed by atoms with Crippen LogP contribution < -0.4 is 4.90 Å². The van der Waals surface area contributed by atoms with Crippen molar-refractivity contribution in [3.05, 3.63) is 95.8 Å². The fraction of sp³-hybridized carbons (Fsp3) is 0.100. The van der Waals surface area contributed by atoms with Crippen molar-refractivity contribution in [2.45, 2.75) is 13.8 Å². The first-order valence-corrected chi connectivity index (χ1v) is 7.15. The Morgan fingerprint density at radius 1 is 0.857 bits per heavy atom. The highest BCUT2D eigenvalue weighted by atomic mass is 15.1. The van der Waals surface area contributed by atoms with Gasteiger partial charge in [0, 0.05) is 17.6 Å². The number of aryl methyl sites for hydroxylation is 2. The average Bonchev–Trinajstić information content (AvgIpc) is 2.49. The number of allylic oxidation sites excluding steroid dienone is 3. The Balaban J connectivity index is 1.99. The largest absolute Gasteiger partial charge is 0.317 e. The molecule has 1 heterocycles. The van der Waals surface area contributed by atoms with E-state index in [1.807, 2.05) is 0 Å². The Kier molecular flexibility index (Phi) is 3.49. The molecule has 0 N–H and O–H groups in total. The third-order valence-electron chi connectivity index (χ3n) is 3.70. The van der Waals surface area contributed by atoms with Gasteiger partial charge in [0.1, 0.15) is 0 Å². The Labute approximate surface area is 126 Å². The first kappa shape index (κ1) is 13.4. The minimum Gasteiger partial charge on any atom is -0.317 e. The van der Waals surface area contributed by atoms with Gasteiger partial charge < -0.3 is 4.90 Å². The van der Waals surface area contributed by atoms with E-state index in [1.165, 1.54) is 22.3 Å². The lowest BCUT2D eigenvalue weighted by molar-refractivity contribution is 1.19. The SMILES string of the molecule is C=C1C=CC(c2ccc(C)cc2)=CN1c1cccc(C)c1. The molecule has 0 unspecified atom stereocenters. The van der Waals surface area contributed by atoms with Crippen LogP contribution in [0.5, 0.6) is 0 Å². The molecular formula is C20H19N. The lowest BCUT2D eigenvalue weighted by Crippen LogP contribution is -2.16. The van der Waals surface area contributed by atoms with Gasteiger partial charge in [-0.25, -0.2) is 0 Å². The summed E-state index contributed by atoms with van der Waals surface area (Å²) in [6, 6.07) is 17.1. The second-order valence-electron chi connectivity index (χ2n) is 5.48. The van der Waals surface area contributed by atoms with Crippen LogP contribution in [0.4, 0.5) is 5.69 Å². The van der Waals surface area contributed by atoms with Crippen molar-refractivity contribution in [2.24, 2.45) is 0 Å². The zero-order chi connectivity index (χ0) is 14.8. The van der Waals surface area contributed by atoms with Gasteiger partial charge in [-0.15, -0.1) is 0 Å². The van der Waals surface area contributed by atoms with Gasteiger partial charge in [-0.3, -0.25) is 0 Å². The van der Waals surface area contributed by atoms with E-state index >= 15 is 0 Å². The van der Waals surface area contributed by atoms with E-state index in [1.54, 1.807) is 0 Å². The summed E-state index contributed by atoms with van der Waals surface area (Å²) >= 11 is 0. The van der Waals surface area contributed by atoms with Crippen molar-refractivity contribution in [3.63, 3.8) is 0 Å². The molecule has 1 aliphatic heterocycles. The van der Waals surface area contributed by atoms with Gasteiger partial charge in [0.05, 0.1) is 0 Å². The Morgan fingerprint density at radius 3 is 2.33 bits per heavy atom. The van der Waals surface area contributed by atoms with Crippen LogP contribution in [-0.2, 0) is 0 Å². The number of anilines is 1. The molecule has 0 atom stereocenters. The van der Waals surface area contributed by atoms with Crippen molar-refractivity contribution in [3.8, 4) is 0 Å². The molecule has 0 saturated carbocycles. The summed E-state index contributed by atoms with van der Waals surface area (Å²) in [5.41, 5.74) is 7.08. The van der Waals surface area contributed by atoms with Crippen LogP contribution >= 0.6 is 0 Å². The second kappa shape index (κ2) is 5.45. The van der Waals surface area contributed by atoms with Gasteiger partial charge in [-0.05, 0) is 48.8 Å². The molecule has 0 saturated heterocycles. The molecule has 0 radical (unpaired) electrons. The molecule has 104 valence electrons. The zero-order valence-electron chi connectivity index (χ0n) is 12.5. The molecule has 0 fully saturated rings. The molecule has 0 spiro atoms. The normalized spacial score (nSPS) is 14.3. The quantitative estimate of drug-likeness (QED) is 0.723. The maximum absolute atomic E-state index is 4.14. The summed E-state index contributed by atoms with van der Waals surface area (Å²) in [6.07, 6.45) is 6.35. The highest BCUT2D eigenvalue weighted by Gasteiger charge is 2.12. The van der Waals surface area contributed by atoms with E-state index < -0.39 is 0 Å². The maximum Gasteiger partial charge on any atom is 0.0458 e. The zero-order valence-corrected chi connectivity index (χ0v) is 12.5. The van der Waals surface area contributed by atoms with Crippen molar-refractivity contribution < 1.29 is 0 Å². The fourth-order valence-electron chi connectivity index (χ4n) is 2.47. The molecule has 0 bridgehead atoms. The Bertz CT molecular complexity index is 733. The third kappa shape index (κ3) is 2.82. The molecule has 2 aromatic rings. The molecule has 1 nitrogen and oxygen atoms in total. The topological polar surface area (TPSA) is 3.24 Å². The van der Waals surface area contributed by atoms with Crippen LogP contribution in [0.15, 0.2) is 79.2 Å². The van der Waals surface area contributed by atoms with Gasteiger partial charge in [0.25, 0.3) is 0 Å². The molecular weight excluding hydrogens is 254 g/mol. The van der Waals surface area contributed by atoms with E-state index in [0.29, 0.717) is 0 Å². The molecule has 2 aromatic carbocycles. The second-order valence-corrected chi connectivity index (χ2v) is 5.48. The van der Waals surface area contributed by atoms with Gasteiger partial charge in [-0.1, -0.05) is 54.6 Å². The minimum atomic E-state index is 0.983. The van der Waals surface area contributed by atoms with Crippen molar-refractivity contribution in [1.29, 1.82) is 0 Å².